The summed E-state index contributed by atoms with van der Waals surface area (Å²) in [6.07, 6.45) is 3.07. The fraction of sp³-hybridized carbons (Fsp3) is 0.417. The minimum Gasteiger partial charge on any atom is -0.494 e. The van der Waals surface area contributed by atoms with E-state index in [0.29, 0.717) is 36.7 Å². The first-order chi connectivity index (χ1) is 13.8. The molecule has 0 unspecified atom stereocenters. The van der Waals surface area contributed by atoms with E-state index in [4.69, 9.17) is 4.74 Å². The third-order valence-corrected chi connectivity index (χ3v) is 4.86. The summed E-state index contributed by atoms with van der Waals surface area (Å²) in [5, 5.41) is 5.81. The zero-order chi connectivity index (χ0) is 20.9. The Labute approximate surface area is 172 Å². The predicted molar refractivity (Wildman–Crippen MR) is 115 cm³/mol. The van der Waals surface area contributed by atoms with Crippen molar-refractivity contribution >= 4 is 17.5 Å². The van der Waals surface area contributed by atoms with Crippen LogP contribution in [0.2, 0.25) is 0 Å². The quantitative estimate of drug-likeness (QED) is 0.639. The summed E-state index contributed by atoms with van der Waals surface area (Å²) in [6, 6.07) is 15.4. The minimum atomic E-state index is -0.0884. The fourth-order valence-corrected chi connectivity index (χ4v) is 2.93. The zero-order valence-electron chi connectivity index (χ0n) is 17.5. The lowest BCUT2D eigenvalue weighted by Crippen LogP contribution is -2.25. The second-order valence-electron chi connectivity index (χ2n) is 8.60. The van der Waals surface area contributed by atoms with E-state index in [9.17, 15) is 9.59 Å². The van der Waals surface area contributed by atoms with Gasteiger partial charge in [-0.15, -0.1) is 0 Å². The summed E-state index contributed by atoms with van der Waals surface area (Å²) in [6.45, 7) is 7.01. The van der Waals surface area contributed by atoms with E-state index in [1.54, 1.807) is 24.3 Å². The Bertz CT molecular complexity index is 849. The molecule has 2 aromatic rings. The highest BCUT2D eigenvalue weighted by molar-refractivity contribution is 5.97. The van der Waals surface area contributed by atoms with Crippen LogP contribution in [0.1, 0.15) is 62.4 Å². The molecule has 0 aliphatic heterocycles. The molecular weight excluding hydrogens is 364 g/mol. The molecule has 2 aromatic carbocycles. The van der Waals surface area contributed by atoms with Gasteiger partial charge in [0.1, 0.15) is 5.75 Å². The van der Waals surface area contributed by atoms with Crippen LogP contribution in [0.3, 0.4) is 0 Å². The first-order valence-electron chi connectivity index (χ1n) is 10.3. The first-order valence-corrected chi connectivity index (χ1v) is 10.3. The van der Waals surface area contributed by atoms with Crippen LogP contribution in [0.4, 0.5) is 5.69 Å². The summed E-state index contributed by atoms with van der Waals surface area (Å²) in [5.41, 5.74) is 2.58. The molecule has 2 amide bonds. The number of benzene rings is 2. The number of nitrogens with one attached hydrogen (secondary N) is 2. The molecule has 0 aromatic heterocycles. The Morgan fingerprint density at radius 3 is 2.45 bits per heavy atom. The van der Waals surface area contributed by atoms with Crippen molar-refractivity contribution in [3.63, 3.8) is 0 Å². The van der Waals surface area contributed by atoms with E-state index in [1.807, 2.05) is 12.1 Å². The molecule has 5 nitrogen and oxygen atoms in total. The molecule has 5 heteroatoms. The van der Waals surface area contributed by atoms with Crippen LogP contribution in [0.25, 0.3) is 0 Å². The lowest BCUT2D eigenvalue weighted by atomic mass is 9.87. The fourth-order valence-electron chi connectivity index (χ4n) is 2.93. The molecule has 1 aliphatic carbocycles. The van der Waals surface area contributed by atoms with Crippen molar-refractivity contribution in [2.24, 2.45) is 0 Å². The third kappa shape index (κ3) is 6.63. The van der Waals surface area contributed by atoms with Gasteiger partial charge in [0.15, 0.2) is 0 Å². The van der Waals surface area contributed by atoms with Crippen molar-refractivity contribution in [1.29, 1.82) is 0 Å². The van der Waals surface area contributed by atoms with Crippen molar-refractivity contribution in [2.75, 3.05) is 11.9 Å². The highest BCUT2D eigenvalue weighted by Crippen LogP contribution is 2.24. The van der Waals surface area contributed by atoms with Crippen LogP contribution in [0.15, 0.2) is 48.5 Å². The van der Waals surface area contributed by atoms with E-state index in [2.05, 4.69) is 43.5 Å². The van der Waals surface area contributed by atoms with Crippen molar-refractivity contribution in [2.45, 2.75) is 57.9 Å². The molecule has 0 saturated heterocycles. The van der Waals surface area contributed by atoms with Gasteiger partial charge in [-0.25, -0.2) is 0 Å². The molecule has 1 saturated carbocycles. The number of carbonyl (C=O) groups excluding carboxylic acids is 2. The van der Waals surface area contributed by atoms with Crippen LogP contribution in [0.5, 0.6) is 5.75 Å². The monoisotopic (exact) mass is 394 g/mol. The second kappa shape index (κ2) is 9.12. The smallest absolute Gasteiger partial charge is 0.251 e. The molecule has 3 rings (SSSR count). The number of anilines is 1. The van der Waals surface area contributed by atoms with E-state index in [1.165, 1.54) is 5.56 Å². The average Bonchev–Trinajstić information content (AvgIpc) is 3.49. The molecule has 1 fully saturated rings. The van der Waals surface area contributed by atoms with E-state index < -0.39 is 0 Å². The van der Waals surface area contributed by atoms with Crippen LogP contribution in [0, 0.1) is 0 Å². The van der Waals surface area contributed by atoms with Crippen LogP contribution in [-0.2, 0) is 10.2 Å². The summed E-state index contributed by atoms with van der Waals surface area (Å²) in [7, 11) is 0. The summed E-state index contributed by atoms with van der Waals surface area (Å²) >= 11 is 0. The van der Waals surface area contributed by atoms with Crippen LogP contribution >= 0.6 is 0 Å². The van der Waals surface area contributed by atoms with Gasteiger partial charge in [-0.2, -0.15) is 0 Å². The summed E-state index contributed by atoms with van der Waals surface area (Å²) in [4.78, 5) is 24.3. The number of rotatable bonds is 8. The van der Waals surface area contributed by atoms with Gasteiger partial charge in [0.2, 0.25) is 5.91 Å². The van der Waals surface area contributed by atoms with E-state index in [0.717, 1.165) is 18.6 Å². The van der Waals surface area contributed by atoms with Crippen molar-refractivity contribution in [3.8, 4) is 5.75 Å². The summed E-state index contributed by atoms with van der Waals surface area (Å²) < 4.78 is 5.73. The average molecular weight is 395 g/mol. The van der Waals surface area contributed by atoms with Crippen LogP contribution in [-0.4, -0.2) is 24.5 Å². The van der Waals surface area contributed by atoms with Gasteiger partial charge in [0, 0.05) is 23.7 Å². The Morgan fingerprint density at radius 2 is 1.79 bits per heavy atom. The standard InChI is InChI=1S/C24H30N2O3/c1-24(2,3)18-9-13-21(14-10-18)29-15-5-8-22(27)25-20-7-4-6-17(16-20)23(28)26-19-11-12-19/h4,6-7,9-10,13-14,16,19H,5,8,11-12,15H2,1-3H3,(H,25,27)(H,26,28). The first kappa shape index (κ1) is 20.9. The van der Waals surface area contributed by atoms with Crippen molar-refractivity contribution in [3.05, 3.63) is 59.7 Å². The predicted octanol–water partition coefficient (Wildman–Crippen LogP) is 4.67. The lowest BCUT2D eigenvalue weighted by Gasteiger charge is -2.19. The van der Waals surface area contributed by atoms with E-state index >= 15 is 0 Å². The molecule has 1 aliphatic rings. The second-order valence-corrected chi connectivity index (χ2v) is 8.60. The van der Waals surface area contributed by atoms with Gasteiger partial charge in [-0.05, 0) is 60.6 Å². The van der Waals surface area contributed by atoms with Crippen molar-refractivity contribution < 1.29 is 14.3 Å². The molecular formula is C24H30N2O3. The maximum atomic E-state index is 12.2. The molecule has 2 N–H and O–H groups in total. The van der Waals surface area contributed by atoms with E-state index in [-0.39, 0.29) is 17.2 Å². The van der Waals surface area contributed by atoms with Gasteiger partial charge in [-0.3, -0.25) is 9.59 Å². The Balaban J connectivity index is 1.40. The topological polar surface area (TPSA) is 67.4 Å². The van der Waals surface area contributed by atoms with Gasteiger partial charge >= 0.3 is 0 Å². The van der Waals surface area contributed by atoms with Gasteiger partial charge in [-0.1, -0.05) is 39.0 Å². The van der Waals surface area contributed by atoms with Crippen molar-refractivity contribution in [1.82, 2.24) is 5.32 Å². The Kier molecular flexibility index (Phi) is 6.57. The molecule has 154 valence electrons. The number of amides is 2. The van der Waals surface area contributed by atoms with Gasteiger partial charge < -0.3 is 15.4 Å². The largest absolute Gasteiger partial charge is 0.494 e. The molecule has 0 atom stereocenters. The Hall–Kier alpha value is -2.82. The molecule has 0 bridgehead atoms. The number of carbonyl (C=O) groups is 2. The number of hydrogen-bond acceptors (Lipinski definition) is 3. The SMILES string of the molecule is CC(C)(C)c1ccc(OCCCC(=O)Nc2cccc(C(=O)NC3CC3)c2)cc1. The highest BCUT2D eigenvalue weighted by atomic mass is 16.5. The van der Waals surface area contributed by atoms with Gasteiger partial charge in [0.05, 0.1) is 6.61 Å². The minimum absolute atomic E-state index is 0.0866. The molecule has 0 radical (unpaired) electrons. The maximum absolute atomic E-state index is 12.2. The van der Waals surface area contributed by atoms with Gasteiger partial charge in [0.25, 0.3) is 5.91 Å². The van der Waals surface area contributed by atoms with Crippen LogP contribution < -0.4 is 15.4 Å². The molecule has 29 heavy (non-hydrogen) atoms. The third-order valence-electron chi connectivity index (χ3n) is 4.86. The highest BCUT2D eigenvalue weighted by Gasteiger charge is 2.23. The molecule has 0 heterocycles. The normalized spacial score (nSPS) is 13.6. The zero-order valence-corrected chi connectivity index (χ0v) is 17.5. The number of hydrogen-bond donors (Lipinski definition) is 2. The lowest BCUT2D eigenvalue weighted by molar-refractivity contribution is -0.116. The Morgan fingerprint density at radius 1 is 1.07 bits per heavy atom. The summed E-state index contributed by atoms with van der Waals surface area (Å²) in [5.74, 6) is 0.638. The molecule has 0 spiro atoms. The number of ether oxygens (including phenoxy) is 1. The maximum Gasteiger partial charge on any atom is 0.251 e.